The van der Waals surface area contributed by atoms with Crippen molar-refractivity contribution in [3.8, 4) is 0 Å². The first-order chi connectivity index (χ1) is 11.7. The second-order valence-corrected chi connectivity index (χ2v) is 6.35. The molecule has 1 aromatic heterocycles. The quantitative estimate of drug-likeness (QED) is 0.935. The highest BCUT2D eigenvalue weighted by atomic mass is 16.2. The van der Waals surface area contributed by atoms with E-state index < -0.39 is 6.04 Å². The molecule has 1 aromatic carbocycles. The van der Waals surface area contributed by atoms with Crippen LogP contribution in [0.15, 0.2) is 30.6 Å². The molecule has 3 heterocycles. The minimum absolute atomic E-state index is 0.0268. The van der Waals surface area contributed by atoms with Crippen molar-refractivity contribution >= 4 is 11.8 Å². The highest BCUT2D eigenvalue weighted by Gasteiger charge is 2.37. The number of H-pyrrole nitrogens is 1. The summed E-state index contributed by atoms with van der Waals surface area (Å²) in [5, 5.41) is 0. The van der Waals surface area contributed by atoms with Gasteiger partial charge in [0.05, 0.1) is 24.3 Å². The molecule has 124 valence electrons. The second kappa shape index (κ2) is 5.78. The van der Waals surface area contributed by atoms with Crippen LogP contribution in [0, 0.1) is 0 Å². The van der Waals surface area contributed by atoms with Gasteiger partial charge in [-0.25, -0.2) is 4.98 Å². The van der Waals surface area contributed by atoms with Crippen molar-refractivity contribution in [2.45, 2.75) is 38.9 Å². The van der Waals surface area contributed by atoms with E-state index in [0.29, 0.717) is 26.1 Å². The number of aromatic amines is 1. The second-order valence-electron chi connectivity index (χ2n) is 6.35. The van der Waals surface area contributed by atoms with Gasteiger partial charge in [-0.1, -0.05) is 25.1 Å². The summed E-state index contributed by atoms with van der Waals surface area (Å²) < 4.78 is 0. The number of fused-ring (bicyclic) bond motifs is 2. The number of hydrogen-bond acceptors (Lipinski definition) is 3. The zero-order valence-corrected chi connectivity index (χ0v) is 13.7. The number of rotatable bonds is 3. The van der Waals surface area contributed by atoms with Gasteiger partial charge in [0, 0.05) is 25.1 Å². The van der Waals surface area contributed by atoms with Gasteiger partial charge in [-0.2, -0.15) is 0 Å². The third-order valence-corrected chi connectivity index (χ3v) is 4.98. The molecule has 24 heavy (non-hydrogen) atoms. The van der Waals surface area contributed by atoms with E-state index in [1.807, 2.05) is 36.1 Å². The van der Waals surface area contributed by atoms with Crippen LogP contribution in [0.1, 0.15) is 40.7 Å². The molecular weight excluding hydrogens is 304 g/mol. The maximum absolute atomic E-state index is 13.0. The van der Waals surface area contributed by atoms with E-state index in [1.165, 1.54) is 0 Å². The van der Waals surface area contributed by atoms with Gasteiger partial charge in [0.1, 0.15) is 6.04 Å². The van der Waals surface area contributed by atoms with Crippen LogP contribution < -0.4 is 0 Å². The van der Waals surface area contributed by atoms with Crippen molar-refractivity contribution in [3.05, 3.63) is 53.1 Å². The van der Waals surface area contributed by atoms with Gasteiger partial charge in [0.15, 0.2) is 0 Å². The molecule has 0 spiro atoms. The molecule has 0 radical (unpaired) electrons. The third-order valence-electron chi connectivity index (χ3n) is 4.98. The lowest BCUT2D eigenvalue weighted by Gasteiger charge is -2.33. The lowest BCUT2D eigenvalue weighted by atomic mass is 10.1. The maximum Gasteiger partial charge on any atom is 0.255 e. The smallest absolute Gasteiger partial charge is 0.255 e. The molecule has 4 rings (SSSR count). The molecule has 0 bridgehead atoms. The Labute approximate surface area is 140 Å². The summed E-state index contributed by atoms with van der Waals surface area (Å²) in [6.07, 6.45) is 3.05. The molecular formula is C18H20N4O2. The molecule has 0 saturated carbocycles. The Morgan fingerprint density at radius 3 is 2.96 bits per heavy atom. The Morgan fingerprint density at radius 2 is 2.17 bits per heavy atom. The van der Waals surface area contributed by atoms with E-state index in [2.05, 4.69) is 9.97 Å². The molecule has 6 nitrogen and oxygen atoms in total. The largest absolute Gasteiger partial charge is 0.347 e. The predicted molar refractivity (Wildman–Crippen MR) is 88.1 cm³/mol. The van der Waals surface area contributed by atoms with Crippen molar-refractivity contribution in [1.29, 1.82) is 0 Å². The Balaban J connectivity index is 1.54. The topological polar surface area (TPSA) is 69.3 Å². The van der Waals surface area contributed by atoms with E-state index in [4.69, 9.17) is 0 Å². The van der Waals surface area contributed by atoms with Gasteiger partial charge in [-0.05, 0) is 18.1 Å². The number of carbonyl (C=O) groups excluding carboxylic acids is 2. The number of hydrogen-bond donors (Lipinski definition) is 1. The molecule has 1 N–H and O–H groups in total. The summed E-state index contributed by atoms with van der Waals surface area (Å²) in [6.45, 7) is 3.68. The number of aromatic nitrogens is 2. The molecule has 1 unspecified atom stereocenters. The van der Waals surface area contributed by atoms with Crippen molar-refractivity contribution in [2.75, 3.05) is 6.54 Å². The SMILES string of the molecule is CCC(C(=O)N1CCc2nc[nH]c2C1)N1Cc2ccccc2C1=O. The lowest BCUT2D eigenvalue weighted by Crippen LogP contribution is -2.49. The van der Waals surface area contributed by atoms with Crippen molar-refractivity contribution in [3.63, 3.8) is 0 Å². The standard InChI is InChI=1S/C18H20N4O2/c1-2-16(22-9-12-5-3-4-6-13(12)17(22)23)18(24)21-8-7-14-15(10-21)20-11-19-14/h3-6,11,16H,2,7-10H2,1H3,(H,19,20). The van der Waals surface area contributed by atoms with Gasteiger partial charge in [0.2, 0.25) is 5.91 Å². The van der Waals surface area contributed by atoms with Gasteiger partial charge < -0.3 is 14.8 Å². The fourth-order valence-electron chi connectivity index (χ4n) is 3.67. The molecule has 2 aliphatic heterocycles. The third kappa shape index (κ3) is 2.29. The van der Waals surface area contributed by atoms with Crippen molar-refractivity contribution < 1.29 is 9.59 Å². The van der Waals surface area contributed by atoms with E-state index in [-0.39, 0.29) is 11.8 Å². The minimum atomic E-state index is -0.408. The minimum Gasteiger partial charge on any atom is -0.347 e. The Kier molecular flexibility index (Phi) is 3.59. The fraction of sp³-hybridized carbons (Fsp3) is 0.389. The Morgan fingerprint density at radius 1 is 1.33 bits per heavy atom. The van der Waals surface area contributed by atoms with Crippen LogP contribution in [0.5, 0.6) is 0 Å². The zero-order valence-electron chi connectivity index (χ0n) is 13.7. The molecule has 6 heteroatoms. The molecule has 0 aliphatic carbocycles. The molecule has 2 aliphatic rings. The van der Waals surface area contributed by atoms with Gasteiger partial charge in [-0.3, -0.25) is 9.59 Å². The first-order valence-electron chi connectivity index (χ1n) is 8.37. The van der Waals surface area contributed by atoms with Crippen LogP contribution >= 0.6 is 0 Å². The molecule has 0 fully saturated rings. The monoisotopic (exact) mass is 324 g/mol. The first-order valence-corrected chi connectivity index (χ1v) is 8.37. The van der Waals surface area contributed by atoms with Gasteiger partial charge in [0.25, 0.3) is 5.91 Å². The molecule has 0 saturated heterocycles. The van der Waals surface area contributed by atoms with E-state index >= 15 is 0 Å². The average Bonchev–Trinajstić information content (AvgIpc) is 3.20. The zero-order chi connectivity index (χ0) is 16.7. The van der Waals surface area contributed by atoms with Gasteiger partial charge >= 0.3 is 0 Å². The van der Waals surface area contributed by atoms with Crippen LogP contribution in [-0.2, 0) is 24.3 Å². The Bertz CT molecular complexity index is 798. The van der Waals surface area contributed by atoms with Crippen LogP contribution in [0.3, 0.4) is 0 Å². The summed E-state index contributed by atoms with van der Waals surface area (Å²) in [7, 11) is 0. The Hall–Kier alpha value is -2.63. The number of benzene rings is 1. The molecule has 2 aromatic rings. The van der Waals surface area contributed by atoms with E-state index in [1.54, 1.807) is 11.2 Å². The van der Waals surface area contributed by atoms with Crippen LogP contribution in [0.25, 0.3) is 0 Å². The van der Waals surface area contributed by atoms with Crippen LogP contribution in [0.4, 0.5) is 0 Å². The van der Waals surface area contributed by atoms with Crippen LogP contribution in [0.2, 0.25) is 0 Å². The lowest BCUT2D eigenvalue weighted by molar-refractivity contribution is -0.137. The highest BCUT2D eigenvalue weighted by molar-refractivity contribution is 6.01. The predicted octanol–water partition coefficient (Wildman–Crippen LogP) is 1.73. The van der Waals surface area contributed by atoms with Gasteiger partial charge in [-0.15, -0.1) is 0 Å². The number of nitrogens with one attached hydrogen (secondary N) is 1. The number of carbonyl (C=O) groups is 2. The van der Waals surface area contributed by atoms with Crippen LogP contribution in [-0.4, -0.2) is 44.2 Å². The normalized spacial score (nSPS) is 17.6. The number of nitrogens with zero attached hydrogens (tertiary/aromatic N) is 3. The summed E-state index contributed by atoms with van der Waals surface area (Å²) >= 11 is 0. The summed E-state index contributed by atoms with van der Waals surface area (Å²) in [5.41, 5.74) is 3.76. The van der Waals surface area contributed by atoms with E-state index in [0.717, 1.165) is 28.9 Å². The summed E-state index contributed by atoms with van der Waals surface area (Å²) in [4.78, 5) is 36.7. The average molecular weight is 324 g/mol. The maximum atomic E-state index is 13.0. The van der Waals surface area contributed by atoms with Crippen molar-refractivity contribution in [2.24, 2.45) is 0 Å². The number of amides is 2. The molecule has 1 atom stereocenters. The van der Waals surface area contributed by atoms with E-state index in [9.17, 15) is 9.59 Å². The molecule has 2 amide bonds. The number of imidazole rings is 1. The highest BCUT2D eigenvalue weighted by Crippen LogP contribution is 2.27. The summed E-state index contributed by atoms with van der Waals surface area (Å²) in [5.74, 6) is -0.0102. The van der Waals surface area contributed by atoms with Crippen molar-refractivity contribution in [1.82, 2.24) is 19.8 Å². The first kappa shape index (κ1) is 14.9. The summed E-state index contributed by atoms with van der Waals surface area (Å²) in [6, 6.07) is 7.19. The fourth-order valence-corrected chi connectivity index (χ4v) is 3.67.